The summed E-state index contributed by atoms with van der Waals surface area (Å²) < 4.78 is 1.11. The molecule has 0 fully saturated rings. The van der Waals surface area contributed by atoms with E-state index in [4.69, 9.17) is 4.99 Å². The number of hydrogen-bond donors (Lipinski definition) is 0. The van der Waals surface area contributed by atoms with E-state index in [-0.39, 0.29) is 0 Å². The Bertz CT molecular complexity index is 1240. The molecule has 21 heavy (non-hydrogen) atoms. The van der Waals surface area contributed by atoms with Crippen molar-refractivity contribution in [2.45, 2.75) is 0 Å². The number of halogens is 1. The summed E-state index contributed by atoms with van der Waals surface area (Å²) in [5, 5.41) is 7.40. The summed E-state index contributed by atoms with van der Waals surface area (Å²) in [5.41, 5.74) is 2.36. The van der Waals surface area contributed by atoms with Crippen molar-refractivity contribution in [2.24, 2.45) is 4.99 Å². The summed E-state index contributed by atoms with van der Waals surface area (Å²) in [5.74, 6) is 0. The molecule has 0 unspecified atom stereocenters. The molecule has 0 bridgehead atoms. The molecular weight excluding hydrogens is 322 g/mol. The van der Waals surface area contributed by atoms with Crippen molar-refractivity contribution in [3.05, 3.63) is 96.1 Å². The van der Waals surface area contributed by atoms with E-state index in [1.54, 1.807) is 0 Å². The molecule has 0 spiro atoms. The van der Waals surface area contributed by atoms with Gasteiger partial charge in [-0.2, -0.15) is 0 Å². The molecule has 2 heteroatoms. The van der Waals surface area contributed by atoms with Gasteiger partial charge in [-0.1, -0.05) is 52.3 Å². The Labute approximate surface area is 129 Å². The maximum atomic E-state index is 4.85. The molecule has 1 aliphatic heterocycles. The van der Waals surface area contributed by atoms with E-state index in [2.05, 4.69) is 70.5 Å². The Morgan fingerprint density at radius 3 is 2.52 bits per heavy atom. The van der Waals surface area contributed by atoms with E-state index >= 15 is 0 Å². The monoisotopic (exact) mass is 331 g/mol. The summed E-state index contributed by atoms with van der Waals surface area (Å²) in [6, 6.07) is 19.2. The van der Waals surface area contributed by atoms with Crippen LogP contribution in [0.2, 0.25) is 0 Å². The van der Waals surface area contributed by atoms with Crippen molar-refractivity contribution in [1.29, 1.82) is 0 Å². The van der Waals surface area contributed by atoms with Gasteiger partial charge in [-0.3, -0.25) is 0 Å². The predicted molar refractivity (Wildman–Crippen MR) is 86.4 cm³/mol. The maximum absolute atomic E-state index is 4.85. The van der Waals surface area contributed by atoms with Crippen molar-refractivity contribution < 1.29 is 0 Å². The summed E-state index contributed by atoms with van der Waals surface area (Å²) in [6.07, 6.45) is 2.25. The molecule has 1 heterocycles. The topological polar surface area (TPSA) is 12.4 Å². The highest BCUT2D eigenvalue weighted by Crippen LogP contribution is 2.27. The van der Waals surface area contributed by atoms with E-state index in [0.717, 1.165) is 15.5 Å². The van der Waals surface area contributed by atoms with Crippen LogP contribution in [0.15, 0.2) is 64.1 Å². The van der Waals surface area contributed by atoms with Gasteiger partial charge in [-0.15, -0.1) is 0 Å². The highest BCUT2D eigenvalue weighted by molar-refractivity contribution is 9.10. The second-order valence-electron chi connectivity index (χ2n) is 5.43. The van der Waals surface area contributed by atoms with Crippen molar-refractivity contribution in [3.8, 4) is 0 Å². The molecule has 2 aliphatic rings. The van der Waals surface area contributed by atoms with Gasteiger partial charge in [0.1, 0.15) is 0 Å². The lowest BCUT2D eigenvalue weighted by atomic mass is 10.1. The third kappa shape index (κ3) is 1.48. The van der Waals surface area contributed by atoms with Crippen LogP contribution in [0.1, 0.15) is 5.56 Å². The molecule has 3 aromatic rings. The summed E-state index contributed by atoms with van der Waals surface area (Å²) in [4.78, 5) is 4.85. The second kappa shape index (κ2) is 3.92. The fourth-order valence-electron chi connectivity index (χ4n) is 3.30. The number of benzene rings is 3. The zero-order valence-electron chi connectivity index (χ0n) is 11.1. The number of fused-ring (bicyclic) bond motifs is 5. The van der Waals surface area contributed by atoms with Crippen LogP contribution in [0.25, 0.3) is 6.08 Å². The van der Waals surface area contributed by atoms with Gasteiger partial charge in [0.05, 0.1) is 11.0 Å². The third-order valence-corrected chi connectivity index (χ3v) is 4.74. The lowest BCUT2D eigenvalue weighted by molar-refractivity contribution is 1.36. The zero-order chi connectivity index (χ0) is 14.0. The smallest absolute Gasteiger partial charge is 0.0795 e. The predicted octanol–water partition coefficient (Wildman–Crippen LogP) is 3.43. The summed E-state index contributed by atoms with van der Waals surface area (Å²) >= 11 is 3.55. The van der Waals surface area contributed by atoms with Crippen LogP contribution >= 0.6 is 15.9 Å². The molecule has 0 saturated heterocycles. The first-order valence-corrected chi connectivity index (χ1v) is 7.73. The minimum atomic E-state index is 1.08. The van der Waals surface area contributed by atoms with E-state index in [9.17, 15) is 0 Å². The quantitative estimate of drug-likeness (QED) is 0.412. The molecule has 98 valence electrons. The Kier molecular flexibility index (Phi) is 2.14. The molecule has 0 saturated carbocycles. The average molecular weight is 332 g/mol. The molecule has 0 atom stereocenters. The SMILES string of the molecule is Brc1ccc2c(c1)=Cc1c3c(ccc1=2)=c1ccccc1=N3. The molecule has 3 aromatic carbocycles. The first kappa shape index (κ1) is 11.5. The first-order valence-electron chi connectivity index (χ1n) is 6.94. The van der Waals surface area contributed by atoms with Crippen LogP contribution in [0.3, 0.4) is 0 Å². The van der Waals surface area contributed by atoms with E-state index in [1.165, 1.54) is 31.7 Å². The van der Waals surface area contributed by atoms with Crippen LogP contribution in [0, 0.1) is 20.9 Å². The number of para-hydroxylation sites is 1. The Morgan fingerprint density at radius 1 is 0.762 bits per heavy atom. The minimum Gasteiger partial charge on any atom is -0.247 e. The van der Waals surface area contributed by atoms with Crippen molar-refractivity contribution in [3.63, 3.8) is 0 Å². The molecule has 0 amide bonds. The Morgan fingerprint density at radius 2 is 1.57 bits per heavy atom. The summed E-state index contributed by atoms with van der Waals surface area (Å²) in [6.45, 7) is 0. The van der Waals surface area contributed by atoms with Crippen LogP contribution in [-0.4, -0.2) is 0 Å². The molecule has 0 radical (unpaired) electrons. The van der Waals surface area contributed by atoms with Crippen LogP contribution in [-0.2, 0) is 0 Å². The van der Waals surface area contributed by atoms with E-state index in [1.807, 2.05) is 6.07 Å². The lowest BCUT2D eigenvalue weighted by Crippen LogP contribution is -1.98. The normalized spacial score (nSPS) is 12.8. The minimum absolute atomic E-state index is 1.08. The van der Waals surface area contributed by atoms with E-state index in [0.29, 0.717) is 0 Å². The van der Waals surface area contributed by atoms with Gasteiger partial charge >= 0.3 is 0 Å². The fraction of sp³-hybridized carbons (Fsp3) is 0. The summed E-state index contributed by atoms with van der Waals surface area (Å²) in [7, 11) is 0. The van der Waals surface area contributed by atoms with Crippen molar-refractivity contribution in [2.75, 3.05) is 0 Å². The number of hydrogen-bond acceptors (Lipinski definition) is 1. The van der Waals surface area contributed by atoms with Crippen LogP contribution < -0.4 is 10.6 Å². The Hall–Kier alpha value is -2.19. The molecular formula is C19H10BrN. The van der Waals surface area contributed by atoms with Gasteiger partial charge in [0.25, 0.3) is 0 Å². The zero-order valence-corrected chi connectivity index (χ0v) is 12.7. The van der Waals surface area contributed by atoms with Crippen molar-refractivity contribution in [1.82, 2.24) is 0 Å². The fourth-order valence-corrected chi connectivity index (χ4v) is 3.68. The molecule has 1 nitrogen and oxygen atoms in total. The highest BCUT2D eigenvalue weighted by Gasteiger charge is 2.12. The highest BCUT2D eigenvalue weighted by atomic mass is 79.9. The van der Waals surface area contributed by atoms with Gasteiger partial charge in [0, 0.05) is 20.5 Å². The van der Waals surface area contributed by atoms with E-state index < -0.39 is 0 Å². The van der Waals surface area contributed by atoms with Gasteiger partial charge in [-0.25, -0.2) is 4.99 Å². The van der Waals surface area contributed by atoms with Crippen LogP contribution in [0.4, 0.5) is 5.69 Å². The maximum Gasteiger partial charge on any atom is 0.0795 e. The largest absolute Gasteiger partial charge is 0.247 e. The second-order valence-corrected chi connectivity index (χ2v) is 6.34. The van der Waals surface area contributed by atoms with Gasteiger partial charge in [-0.05, 0) is 39.9 Å². The van der Waals surface area contributed by atoms with Gasteiger partial charge < -0.3 is 0 Å². The lowest BCUT2D eigenvalue weighted by Gasteiger charge is -1.97. The van der Waals surface area contributed by atoms with Gasteiger partial charge in [0.2, 0.25) is 0 Å². The molecule has 0 N–H and O–H groups in total. The first-order chi connectivity index (χ1) is 10.3. The number of nitrogens with zero attached hydrogens (tertiary/aromatic N) is 1. The number of rotatable bonds is 0. The Balaban J connectivity index is 2.05. The standard InChI is InChI=1S/C19H10BrN/c20-12-5-6-13-11(9-12)10-17-14(13)7-8-16-15-3-1-2-4-18(15)21-19(16)17/h1-10H. The molecule has 0 aromatic heterocycles. The average Bonchev–Trinajstić information content (AvgIpc) is 3.04. The molecule has 1 aliphatic carbocycles. The van der Waals surface area contributed by atoms with Crippen LogP contribution in [0.5, 0.6) is 0 Å². The third-order valence-electron chi connectivity index (χ3n) is 4.25. The molecule has 5 rings (SSSR count). The van der Waals surface area contributed by atoms with Gasteiger partial charge in [0.15, 0.2) is 0 Å². The van der Waals surface area contributed by atoms with Crippen molar-refractivity contribution >= 4 is 27.7 Å².